The number of rotatable bonds is 5. The molecule has 0 spiro atoms. The number of piperidine rings is 1. The van der Waals surface area contributed by atoms with E-state index in [0.717, 1.165) is 25.5 Å². The summed E-state index contributed by atoms with van der Waals surface area (Å²) < 4.78 is 46.0. The van der Waals surface area contributed by atoms with Crippen molar-refractivity contribution in [3.8, 4) is 5.75 Å². The van der Waals surface area contributed by atoms with Crippen LogP contribution in [0.5, 0.6) is 5.75 Å². The van der Waals surface area contributed by atoms with Gasteiger partial charge >= 0.3 is 6.18 Å². The fourth-order valence-electron chi connectivity index (χ4n) is 3.99. The second-order valence-electron chi connectivity index (χ2n) is 7.87. The Bertz CT molecular complexity index is 884. The van der Waals surface area contributed by atoms with Crippen LogP contribution in [0.15, 0.2) is 30.7 Å². The number of aromatic nitrogens is 2. The molecule has 0 bridgehead atoms. The van der Waals surface area contributed by atoms with Crippen LogP contribution in [0.1, 0.15) is 49.5 Å². The van der Waals surface area contributed by atoms with Gasteiger partial charge in [-0.15, -0.1) is 0 Å². The van der Waals surface area contributed by atoms with Crippen molar-refractivity contribution in [2.24, 2.45) is 5.92 Å². The van der Waals surface area contributed by atoms with Gasteiger partial charge in [0.1, 0.15) is 5.75 Å². The highest BCUT2D eigenvalue weighted by atomic mass is 35.5. The van der Waals surface area contributed by atoms with E-state index in [4.69, 9.17) is 16.3 Å². The lowest BCUT2D eigenvalue weighted by Crippen LogP contribution is -2.37. The van der Waals surface area contributed by atoms with Crippen LogP contribution in [0.4, 0.5) is 18.9 Å². The highest BCUT2D eigenvalue weighted by Gasteiger charge is 2.38. The zero-order valence-electron chi connectivity index (χ0n) is 16.3. The van der Waals surface area contributed by atoms with Crippen molar-refractivity contribution >= 4 is 17.3 Å². The van der Waals surface area contributed by atoms with E-state index >= 15 is 0 Å². The van der Waals surface area contributed by atoms with E-state index in [-0.39, 0.29) is 22.7 Å². The van der Waals surface area contributed by atoms with Crippen LogP contribution in [0.2, 0.25) is 5.02 Å². The Morgan fingerprint density at radius 2 is 1.90 bits per heavy atom. The van der Waals surface area contributed by atoms with E-state index in [1.165, 1.54) is 6.07 Å². The molecule has 1 atom stereocenters. The van der Waals surface area contributed by atoms with Gasteiger partial charge in [-0.1, -0.05) is 11.6 Å². The average molecular weight is 442 g/mol. The summed E-state index contributed by atoms with van der Waals surface area (Å²) in [6, 6.07) is 3.07. The van der Waals surface area contributed by atoms with Crippen LogP contribution < -0.4 is 9.64 Å². The van der Waals surface area contributed by atoms with Gasteiger partial charge in [-0.25, -0.2) is 4.98 Å². The predicted octanol–water partition coefficient (Wildman–Crippen LogP) is 5.03. The summed E-state index contributed by atoms with van der Waals surface area (Å²) in [5.74, 6) is 0.540. The summed E-state index contributed by atoms with van der Waals surface area (Å²) in [4.78, 5) is 9.27. The minimum atomic E-state index is -4.56. The van der Waals surface area contributed by atoms with E-state index in [1.54, 1.807) is 23.4 Å². The molecule has 2 aromatic heterocycles. The molecule has 2 aromatic rings. The molecule has 0 aromatic carbocycles. The maximum Gasteiger partial charge on any atom is 0.435 e. The fourth-order valence-corrected chi connectivity index (χ4v) is 4.14. The molecule has 2 fully saturated rings. The summed E-state index contributed by atoms with van der Waals surface area (Å²) in [6.07, 6.45) is 3.32. The Labute approximate surface area is 177 Å². The number of halogens is 4. The molecule has 4 rings (SSSR count). The molecule has 1 saturated heterocycles. The summed E-state index contributed by atoms with van der Waals surface area (Å²) in [6.45, 7) is 0.734. The minimum absolute atomic E-state index is 0.0154. The third-order valence-corrected chi connectivity index (χ3v) is 6.11. The number of nitrogens with zero attached hydrogens (tertiary/aromatic N) is 3. The summed E-state index contributed by atoms with van der Waals surface area (Å²) >= 11 is 5.90. The molecular weight excluding hydrogens is 419 g/mol. The van der Waals surface area contributed by atoms with Crippen LogP contribution in [0.25, 0.3) is 0 Å². The lowest BCUT2D eigenvalue weighted by atomic mass is 9.87. The normalized spacial score (nSPS) is 19.4. The van der Waals surface area contributed by atoms with E-state index in [2.05, 4.69) is 9.97 Å². The van der Waals surface area contributed by atoms with Crippen molar-refractivity contribution in [2.75, 3.05) is 18.0 Å². The average Bonchev–Trinajstić information content (AvgIpc) is 2.69. The number of hydrogen-bond acceptors (Lipinski definition) is 5. The Balaban J connectivity index is 1.46. The molecule has 1 aliphatic carbocycles. The van der Waals surface area contributed by atoms with Gasteiger partial charge in [0.15, 0.2) is 5.69 Å². The number of aliphatic hydroxyl groups excluding tert-OH is 1. The smallest absolute Gasteiger partial charge is 0.435 e. The molecule has 1 unspecified atom stereocenters. The van der Waals surface area contributed by atoms with Crippen LogP contribution in [-0.2, 0) is 6.18 Å². The third-order valence-electron chi connectivity index (χ3n) is 5.90. The van der Waals surface area contributed by atoms with Crippen LogP contribution >= 0.6 is 11.6 Å². The Morgan fingerprint density at radius 1 is 1.17 bits per heavy atom. The van der Waals surface area contributed by atoms with Crippen molar-refractivity contribution in [1.82, 2.24) is 9.97 Å². The van der Waals surface area contributed by atoms with Crippen molar-refractivity contribution in [2.45, 2.75) is 50.5 Å². The van der Waals surface area contributed by atoms with Crippen molar-refractivity contribution in [3.63, 3.8) is 0 Å². The largest absolute Gasteiger partial charge is 0.490 e. The Kier molecular flexibility index (Phi) is 6.06. The maximum absolute atomic E-state index is 13.4. The highest BCUT2D eigenvalue weighted by Crippen LogP contribution is 2.40. The van der Waals surface area contributed by atoms with Crippen molar-refractivity contribution in [3.05, 3.63) is 47.0 Å². The lowest BCUT2D eigenvalue weighted by molar-refractivity contribution is -0.140. The number of hydrogen-bond donors (Lipinski definition) is 1. The molecule has 1 N–H and O–H groups in total. The molecule has 1 aliphatic heterocycles. The number of pyridine rings is 2. The molecule has 1 saturated carbocycles. The Morgan fingerprint density at radius 3 is 2.53 bits per heavy atom. The molecule has 162 valence electrons. The minimum Gasteiger partial charge on any atom is -0.490 e. The fraction of sp³-hybridized carbons (Fsp3) is 0.524. The van der Waals surface area contributed by atoms with Crippen molar-refractivity contribution < 1.29 is 23.0 Å². The first kappa shape index (κ1) is 21.2. The second-order valence-corrected chi connectivity index (χ2v) is 8.31. The second kappa shape index (κ2) is 8.59. The Hall–Kier alpha value is -2.06. The standard InChI is InChI=1S/C21H23ClF3N3O2/c22-14-10-17(20(27-11-14)21(23,24)25)28-8-5-13(6-9-28)19(29)16-12-26-7-4-18(16)30-15-2-1-3-15/h4,7,10-13,15,19,29H,1-3,5-6,8-9H2. The van der Waals surface area contributed by atoms with Crippen molar-refractivity contribution in [1.29, 1.82) is 0 Å². The summed E-state index contributed by atoms with van der Waals surface area (Å²) in [5.41, 5.74) is -0.309. The topological polar surface area (TPSA) is 58.5 Å². The summed E-state index contributed by atoms with van der Waals surface area (Å²) in [5, 5.41) is 11.1. The SMILES string of the molecule is OC(c1cnccc1OC1CCC1)C1CCN(c2cc(Cl)cnc2C(F)(F)F)CC1. The molecule has 0 amide bonds. The lowest BCUT2D eigenvalue weighted by Gasteiger charge is -2.37. The van der Waals surface area contributed by atoms with E-state index in [0.29, 0.717) is 37.2 Å². The van der Waals surface area contributed by atoms with Gasteiger partial charge in [-0.3, -0.25) is 4.98 Å². The van der Waals surface area contributed by atoms with Gasteiger partial charge in [0.2, 0.25) is 0 Å². The maximum atomic E-state index is 13.4. The first-order valence-corrected chi connectivity index (χ1v) is 10.5. The van der Waals surface area contributed by atoms with Gasteiger partial charge in [-0.2, -0.15) is 13.2 Å². The van der Waals surface area contributed by atoms with Crippen LogP contribution in [0, 0.1) is 5.92 Å². The van der Waals surface area contributed by atoms with Crippen LogP contribution in [-0.4, -0.2) is 34.3 Å². The highest BCUT2D eigenvalue weighted by molar-refractivity contribution is 6.30. The predicted molar refractivity (Wildman–Crippen MR) is 107 cm³/mol. The van der Waals surface area contributed by atoms with Crippen LogP contribution in [0.3, 0.4) is 0 Å². The molecular formula is C21H23ClF3N3O2. The van der Waals surface area contributed by atoms with E-state index in [1.807, 2.05) is 0 Å². The summed E-state index contributed by atoms with van der Waals surface area (Å²) in [7, 11) is 0. The molecule has 3 heterocycles. The number of anilines is 1. The molecule has 30 heavy (non-hydrogen) atoms. The number of aliphatic hydroxyl groups is 1. The van der Waals surface area contributed by atoms with E-state index < -0.39 is 18.0 Å². The quantitative estimate of drug-likeness (QED) is 0.705. The zero-order valence-corrected chi connectivity index (χ0v) is 17.0. The molecule has 9 heteroatoms. The first-order valence-electron chi connectivity index (χ1n) is 10.1. The van der Waals surface area contributed by atoms with Gasteiger partial charge in [0.05, 0.1) is 22.9 Å². The van der Waals surface area contributed by atoms with Gasteiger partial charge in [0, 0.05) is 37.2 Å². The zero-order chi connectivity index (χ0) is 21.3. The molecule has 2 aliphatic rings. The van der Waals surface area contributed by atoms with Gasteiger partial charge < -0.3 is 14.7 Å². The van der Waals surface area contributed by atoms with Gasteiger partial charge in [0.25, 0.3) is 0 Å². The third kappa shape index (κ3) is 4.49. The molecule has 5 nitrogen and oxygen atoms in total. The van der Waals surface area contributed by atoms with Gasteiger partial charge in [-0.05, 0) is 50.2 Å². The molecule has 0 radical (unpaired) electrons. The number of alkyl halides is 3. The van der Waals surface area contributed by atoms with E-state index in [9.17, 15) is 18.3 Å². The monoisotopic (exact) mass is 441 g/mol. The number of ether oxygens (including phenoxy) is 1. The first-order chi connectivity index (χ1) is 14.3.